The highest BCUT2D eigenvalue weighted by molar-refractivity contribution is 5.68. The molecule has 0 aromatic heterocycles. The van der Waals surface area contributed by atoms with Crippen LogP contribution in [0, 0.1) is 0 Å². The molecule has 0 spiro atoms. The van der Waals surface area contributed by atoms with Crippen LogP contribution in [0.25, 0.3) is 0 Å². The minimum atomic E-state index is -0.924. The SMILES string of the molecule is CC(=O)OC(C=C(C)CCC=C(C)C)OC(C)=O. The Morgan fingerprint density at radius 2 is 1.50 bits per heavy atom. The maximum absolute atomic E-state index is 10.9. The van der Waals surface area contributed by atoms with E-state index in [1.54, 1.807) is 6.08 Å². The molecule has 0 aliphatic heterocycles. The third kappa shape index (κ3) is 9.63. The molecule has 0 aromatic rings. The molecule has 0 N–H and O–H groups in total. The first-order chi connectivity index (χ1) is 8.31. The topological polar surface area (TPSA) is 52.6 Å². The van der Waals surface area contributed by atoms with Gasteiger partial charge in [0.15, 0.2) is 0 Å². The molecule has 0 amide bonds. The van der Waals surface area contributed by atoms with E-state index in [2.05, 4.69) is 6.08 Å². The molecule has 0 bridgehead atoms. The van der Waals surface area contributed by atoms with Crippen LogP contribution in [0.3, 0.4) is 0 Å². The van der Waals surface area contributed by atoms with Crippen molar-refractivity contribution in [3.05, 3.63) is 23.3 Å². The van der Waals surface area contributed by atoms with Gasteiger partial charge >= 0.3 is 11.9 Å². The minimum absolute atomic E-state index is 0.477. The molecule has 0 heterocycles. The Hall–Kier alpha value is -1.58. The molecule has 0 saturated carbocycles. The molecule has 4 heteroatoms. The summed E-state index contributed by atoms with van der Waals surface area (Å²) in [5.74, 6) is -0.954. The fourth-order valence-corrected chi connectivity index (χ4v) is 1.32. The van der Waals surface area contributed by atoms with Gasteiger partial charge in [0, 0.05) is 13.8 Å². The van der Waals surface area contributed by atoms with Crippen molar-refractivity contribution in [2.45, 2.75) is 53.8 Å². The van der Waals surface area contributed by atoms with Crippen molar-refractivity contribution in [3.63, 3.8) is 0 Å². The van der Waals surface area contributed by atoms with E-state index in [9.17, 15) is 9.59 Å². The molecule has 0 unspecified atom stereocenters. The maximum Gasteiger partial charge on any atom is 0.305 e. The van der Waals surface area contributed by atoms with Crippen molar-refractivity contribution in [2.75, 3.05) is 0 Å². The van der Waals surface area contributed by atoms with Crippen LogP contribution in [-0.2, 0) is 19.1 Å². The number of carbonyl (C=O) groups is 2. The lowest BCUT2D eigenvalue weighted by Crippen LogP contribution is -2.20. The van der Waals surface area contributed by atoms with E-state index in [0.29, 0.717) is 0 Å². The average molecular weight is 254 g/mol. The molecule has 4 nitrogen and oxygen atoms in total. The van der Waals surface area contributed by atoms with Gasteiger partial charge in [0.25, 0.3) is 6.29 Å². The van der Waals surface area contributed by atoms with Crippen molar-refractivity contribution in [3.8, 4) is 0 Å². The first-order valence-corrected chi connectivity index (χ1v) is 5.96. The Kier molecular flexibility index (Phi) is 7.76. The van der Waals surface area contributed by atoms with Crippen molar-refractivity contribution in [1.29, 1.82) is 0 Å². The van der Waals surface area contributed by atoms with Gasteiger partial charge in [-0.25, -0.2) is 0 Å². The lowest BCUT2D eigenvalue weighted by Gasteiger charge is -2.13. The number of hydrogen-bond donors (Lipinski definition) is 0. The van der Waals surface area contributed by atoms with Gasteiger partial charge in [-0.1, -0.05) is 17.2 Å². The van der Waals surface area contributed by atoms with Crippen molar-refractivity contribution in [2.24, 2.45) is 0 Å². The van der Waals surface area contributed by atoms with Crippen LogP contribution in [0.15, 0.2) is 23.3 Å². The summed E-state index contributed by atoms with van der Waals surface area (Å²) in [6, 6.07) is 0. The predicted octanol–water partition coefficient (Wildman–Crippen LogP) is 3.13. The quantitative estimate of drug-likeness (QED) is 0.415. The Bertz CT molecular complexity index is 333. The predicted molar refractivity (Wildman–Crippen MR) is 69.7 cm³/mol. The third-order valence-corrected chi connectivity index (χ3v) is 2.08. The van der Waals surface area contributed by atoms with E-state index in [0.717, 1.165) is 18.4 Å². The van der Waals surface area contributed by atoms with E-state index in [-0.39, 0.29) is 0 Å². The van der Waals surface area contributed by atoms with Gasteiger partial charge in [0.1, 0.15) is 0 Å². The number of rotatable bonds is 6. The van der Waals surface area contributed by atoms with Gasteiger partial charge in [0.2, 0.25) is 0 Å². The lowest BCUT2D eigenvalue weighted by molar-refractivity contribution is -0.176. The van der Waals surface area contributed by atoms with E-state index >= 15 is 0 Å². The molecular formula is C14H22O4. The van der Waals surface area contributed by atoms with Crippen LogP contribution in [0.4, 0.5) is 0 Å². The van der Waals surface area contributed by atoms with E-state index < -0.39 is 18.2 Å². The first kappa shape index (κ1) is 16.4. The molecule has 0 saturated heterocycles. The molecule has 0 aliphatic rings. The summed E-state index contributed by atoms with van der Waals surface area (Å²) in [7, 11) is 0. The van der Waals surface area contributed by atoms with Crippen LogP contribution < -0.4 is 0 Å². The summed E-state index contributed by atoms with van der Waals surface area (Å²) in [5.41, 5.74) is 2.28. The second-order valence-corrected chi connectivity index (χ2v) is 4.42. The zero-order chi connectivity index (χ0) is 14.1. The normalized spacial score (nSPS) is 11.1. The molecule has 102 valence electrons. The van der Waals surface area contributed by atoms with Crippen LogP contribution in [0.1, 0.15) is 47.5 Å². The summed E-state index contributed by atoms with van der Waals surface area (Å²) in [6.45, 7) is 8.56. The molecule has 0 aromatic carbocycles. The Morgan fingerprint density at radius 3 is 1.89 bits per heavy atom. The van der Waals surface area contributed by atoms with Crippen molar-refractivity contribution in [1.82, 2.24) is 0 Å². The van der Waals surface area contributed by atoms with Gasteiger partial charge in [-0.2, -0.15) is 0 Å². The second-order valence-electron chi connectivity index (χ2n) is 4.42. The Morgan fingerprint density at radius 1 is 1.00 bits per heavy atom. The van der Waals surface area contributed by atoms with Gasteiger partial charge in [-0.15, -0.1) is 0 Å². The lowest BCUT2D eigenvalue weighted by atomic mass is 10.1. The summed E-state index contributed by atoms with van der Waals surface area (Å²) < 4.78 is 9.77. The number of hydrogen-bond acceptors (Lipinski definition) is 4. The van der Waals surface area contributed by atoms with Gasteiger partial charge in [-0.05, 0) is 39.7 Å². The zero-order valence-electron chi connectivity index (χ0n) is 11.8. The minimum Gasteiger partial charge on any atom is -0.421 e. The molecule has 0 fully saturated rings. The molecule has 0 rings (SSSR count). The van der Waals surface area contributed by atoms with Gasteiger partial charge < -0.3 is 9.47 Å². The van der Waals surface area contributed by atoms with Crippen LogP contribution in [0.5, 0.6) is 0 Å². The van der Waals surface area contributed by atoms with Crippen LogP contribution in [0.2, 0.25) is 0 Å². The number of esters is 2. The molecule has 0 aliphatic carbocycles. The number of allylic oxidation sites excluding steroid dienone is 3. The highest BCUT2D eigenvalue weighted by Gasteiger charge is 2.12. The van der Waals surface area contributed by atoms with Crippen molar-refractivity contribution >= 4 is 11.9 Å². The fourth-order valence-electron chi connectivity index (χ4n) is 1.32. The Labute approximate surface area is 109 Å². The van der Waals surface area contributed by atoms with E-state index in [4.69, 9.17) is 9.47 Å². The van der Waals surface area contributed by atoms with Gasteiger partial charge in [-0.3, -0.25) is 9.59 Å². The Balaban J connectivity index is 4.46. The van der Waals surface area contributed by atoms with Crippen LogP contribution >= 0.6 is 0 Å². The van der Waals surface area contributed by atoms with E-state index in [1.807, 2.05) is 20.8 Å². The summed E-state index contributed by atoms with van der Waals surface area (Å²) in [5, 5.41) is 0. The maximum atomic E-state index is 10.9. The largest absolute Gasteiger partial charge is 0.421 e. The molecular weight excluding hydrogens is 232 g/mol. The van der Waals surface area contributed by atoms with Crippen molar-refractivity contribution < 1.29 is 19.1 Å². The highest BCUT2D eigenvalue weighted by Crippen LogP contribution is 2.10. The third-order valence-electron chi connectivity index (χ3n) is 2.08. The number of ether oxygens (including phenoxy) is 2. The van der Waals surface area contributed by atoms with E-state index in [1.165, 1.54) is 19.4 Å². The van der Waals surface area contributed by atoms with Gasteiger partial charge in [0.05, 0.1) is 0 Å². The highest BCUT2D eigenvalue weighted by atomic mass is 16.7. The summed E-state index contributed by atoms with van der Waals surface area (Å²) in [6.07, 6.45) is 4.61. The standard InChI is InChI=1S/C14H22O4/c1-10(2)7-6-8-11(3)9-14(17-12(4)15)18-13(5)16/h7,9,14H,6,8H2,1-5H3. The monoisotopic (exact) mass is 254 g/mol. The fraction of sp³-hybridized carbons (Fsp3) is 0.571. The zero-order valence-corrected chi connectivity index (χ0v) is 11.8. The van der Waals surface area contributed by atoms with Crippen LogP contribution in [-0.4, -0.2) is 18.2 Å². The second kappa shape index (κ2) is 8.50. The average Bonchev–Trinajstić information content (AvgIpc) is 2.13. The summed E-state index contributed by atoms with van der Waals surface area (Å²) in [4.78, 5) is 21.7. The first-order valence-electron chi connectivity index (χ1n) is 5.96. The summed E-state index contributed by atoms with van der Waals surface area (Å²) >= 11 is 0. The molecule has 0 atom stereocenters. The smallest absolute Gasteiger partial charge is 0.305 e. The molecule has 0 radical (unpaired) electrons. The number of carbonyl (C=O) groups excluding carboxylic acids is 2. The molecule has 18 heavy (non-hydrogen) atoms.